The molecule has 66 valence electrons. The van der Waals surface area contributed by atoms with Crippen molar-refractivity contribution in [3.63, 3.8) is 0 Å². The van der Waals surface area contributed by atoms with Gasteiger partial charge in [-0.15, -0.1) is 0 Å². The van der Waals surface area contributed by atoms with Gasteiger partial charge in [0.2, 0.25) is 0 Å². The molecule has 13 heavy (non-hydrogen) atoms. The molecular formula is C12H13N. The van der Waals surface area contributed by atoms with E-state index in [1.165, 1.54) is 0 Å². The van der Waals surface area contributed by atoms with Crippen molar-refractivity contribution in [2.24, 2.45) is 5.92 Å². The Hall–Kier alpha value is -1.55. The lowest BCUT2D eigenvalue weighted by Gasteiger charge is -2.09. The second-order valence-corrected chi connectivity index (χ2v) is 3.25. The molecule has 0 bridgehead atoms. The Kier molecular flexibility index (Phi) is 3.28. The van der Waals surface area contributed by atoms with Gasteiger partial charge in [-0.3, -0.25) is 0 Å². The van der Waals surface area contributed by atoms with Crippen LogP contribution in [-0.2, 0) is 0 Å². The number of hydrogen-bond donors (Lipinski definition) is 0. The normalized spacial score (nSPS) is 11.4. The second kappa shape index (κ2) is 4.47. The van der Waals surface area contributed by atoms with Gasteiger partial charge in [0.05, 0.1) is 6.07 Å². The van der Waals surface area contributed by atoms with Gasteiger partial charge < -0.3 is 0 Å². The molecular weight excluding hydrogens is 158 g/mol. The second-order valence-electron chi connectivity index (χ2n) is 3.25. The number of allylic oxidation sites excluding steroid dienone is 2. The lowest BCUT2D eigenvalue weighted by atomic mass is 9.95. The zero-order chi connectivity index (χ0) is 9.68. The molecule has 0 aliphatic carbocycles. The van der Waals surface area contributed by atoms with E-state index in [2.05, 4.69) is 19.9 Å². The van der Waals surface area contributed by atoms with Gasteiger partial charge in [0.1, 0.15) is 0 Å². The van der Waals surface area contributed by atoms with E-state index >= 15 is 0 Å². The summed E-state index contributed by atoms with van der Waals surface area (Å²) in [5.41, 5.74) is 2.24. The minimum atomic E-state index is 0.391. The molecule has 0 spiro atoms. The van der Waals surface area contributed by atoms with Crippen molar-refractivity contribution >= 4 is 5.57 Å². The summed E-state index contributed by atoms with van der Waals surface area (Å²) in [5.74, 6) is 0.391. The van der Waals surface area contributed by atoms with E-state index in [4.69, 9.17) is 5.26 Å². The Morgan fingerprint density at radius 2 is 1.92 bits per heavy atom. The van der Waals surface area contributed by atoms with Crippen LogP contribution < -0.4 is 0 Å². The maximum Gasteiger partial charge on any atom is 0.0915 e. The summed E-state index contributed by atoms with van der Waals surface area (Å²) in [6, 6.07) is 12.1. The highest BCUT2D eigenvalue weighted by Crippen LogP contribution is 2.21. The summed E-state index contributed by atoms with van der Waals surface area (Å²) in [6.07, 6.45) is 1.62. The predicted octanol–water partition coefficient (Wildman–Crippen LogP) is 3.25. The first kappa shape index (κ1) is 9.54. The lowest BCUT2D eigenvalue weighted by Crippen LogP contribution is -1.92. The molecule has 0 heterocycles. The van der Waals surface area contributed by atoms with Crippen molar-refractivity contribution in [2.45, 2.75) is 13.8 Å². The van der Waals surface area contributed by atoms with Crippen LogP contribution in [0.1, 0.15) is 19.4 Å². The van der Waals surface area contributed by atoms with Gasteiger partial charge in [-0.2, -0.15) is 5.26 Å². The van der Waals surface area contributed by atoms with Gasteiger partial charge >= 0.3 is 0 Å². The van der Waals surface area contributed by atoms with Gasteiger partial charge in [-0.1, -0.05) is 44.2 Å². The minimum Gasteiger partial charge on any atom is -0.193 e. The third-order valence-corrected chi connectivity index (χ3v) is 1.95. The Labute approximate surface area is 79.3 Å². The zero-order valence-electron chi connectivity index (χ0n) is 7.99. The van der Waals surface area contributed by atoms with Crippen LogP contribution in [0.25, 0.3) is 5.57 Å². The van der Waals surface area contributed by atoms with Crippen LogP contribution in [-0.4, -0.2) is 0 Å². The van der Waals surface area contributed by atoms with Crippen LogP contribution in [0.2, 0.25) is 0 Å². The topological polar surface area (TPSA) is 23.8 Å². The number of rotatable bonds is 2. The third kappa shape index (κ3) is 2.45. The van der Waals surface area contributed by atoms with Crippen molar-refractivity contribution in [2.75, 3.05) is 0 Å². The molecule has 0 fully saturated rings. The van der Waals surface area contributed by atoms with Gasteiger partial charge in [0, 0.05) is 6.08 Å². The van der Waals surface area contributed by atoms with Gasteiger partial charge in [-0.25, -0.2) is 0 Å². The summed E-state index contributed by atoms with van der Waals surface area (Å²) < 4.78 is 0. The standard InChI is InChI=1S/C12H13N/c1-10(2)12(8-9-13)11-6-4-3-5-7-11/h3-8,10H,1-2H3/b12-8+. The van der Waals surface area contributed by atoms with E-state index in [0.29, 0.717) is 5.92 Å². The molecule has 0 saturated carbocycles. The maximum atomic E-state index is 8.62. The molecule has 0 radical (unpaired) electrons. The van der Waals surface area contributed by atoms with Crippen LogP contribution in [0.5, 0.6) is 0 Å². The summed E-state index contributed by atoms with van der Waals surface area (Å²) >= 11 is 0. The quantitative estimate of drug-likeness (QED) is 0.626. The number of nitriles is 1. The maximum absolute atomic E-state index is 8.62. The molecule has 0 saturated heterocycles. The Balaban J connectivity index is 3.05. The van der Waals surface area contributed by atoms with E-state index in [-0.39, 0.29) is 0 Å². The summed E-state index contributed by atoms with van der Waals surface area (Å²) in [6.45, 7) is 4.19. The van der Waals surface area contributed by atoms with Crippen molar-refractivity contribution in [3.05, 3.63) is 42.0 Å². The van der Waals surface area contributed by atoms with E-state index in [0.717, 1.165) is 11.1 Å². The van der Waals surface area contributed by atoms with E-state index < -0.39 is 0 Å². The fraction of sp³-hybridized carbons (Fsp3) is 0.250. The first-order valence-corrected chi connectivity index (χ1v) is 4.41. The van der Waals surface area contributed by atoms with Crippen molar-refractivity contribution in [1.82, 2.24) is 0 Å². The van der Waals surface area contributed by atoms with Gasteiger partial charge in [-0.05, 0) is 17.1 Å². The number of nitrogens with zero attached hydrogens (tertiary/aromatic N) is 1. The summed E-state index contributed by atoms with van der Waals surface area (Å²) in [5, 5.41) is 8.62. The molecule has 0 N–H and O–H groups in total. The van der Waals surface area contributed by atoms with Crippen LogP contribution in [0, 0.1) is 17.2 Å². The average Bonchev–Trinajstić information content (AvgIpc) is 2.15. The Morgan fingerprint density at radius 1 is 1.31 bits per heavy atom. The highest BCUT2D eigenvalue weighted by atomic mass is 14.2. The van der Waals surface area contributed by atoms with E-state index in [1.54, 1.807) is 6.08 Å². The smallest absolute Gasteiger partial charge is 0.0915 e. The van der Waals surface area contributed by atoms with Crippen molar-refractivity contribution in [1.29, 1.82) is 5.26 Å². The highest BCUT2D eigenvalue weighted by molar-refractivity contribution is 5.68. The fourth-order valence-corrected chi connectivity index (χ4v) is 1.28. The highest BCUT2D eigenvalue weighted by Gasteiger charge is 2.04. The van der Waals surface area contributed by atoms with Crippen molar-refractivity contribution in [3.8, 4) is 6.07 Å². The lowest BCUT2D eigenvalue weighted by molar-refractivity contribution is 0.856. The molecule has 0 aromatic heterocycles. The third-order valence-electron chi connectivity index (χ3n) is 1.95. The SMILES string of the molecule is CC(C)/C(=C\C#N)c1ccccc1. The molecule has 1 aromatic rings. The van der Waals surface area contributed by atoms with Gasteiger partial charge in [0.15, 0.2) is 0 Å². The van der Waals surface area contributed by atoms with Crippen LogP contribution >= 0.6 is 0 Å². The summed E-state index contributed by atoms with van der Waals surface area (Å²) in [4.78, 5) is 0. The molecule has 0 atom stereocenters. The molecule has 0 aliphatic heterocycles. The van der Waals surface area contributed by atoms with E-state index in [1.807, 2.05) is 30.3 Å². The molecule has 1 nitrogen and oxygen atoms in total. The molecule has 0 unspecified atom stereocenters. The number of benzene rings is 1. The average molecular weight is 171 g/mol. The fourth-order valence-electron chi connectivity index (χ4n) is 1.28. The molecule has 0 aliphatic rings. The van der Waals surface area contributed by atoms with Crippen LogP contribution in [0.4, 0.5) is 0 Å². The minimum absolute atomic E-state index is 0.391. The first-order valence-electron chi connectivity index (χ1n) is 4.41. The largest absolute Gasteiger partial charge is 0.193 e. The van der Waals surface area contributed by atoms with Gasteiger partial charge in [0.25, 0.3) is 0 Å². The number of hydrogen-bond acceptors (Lipinski definition) is 1. The Morgan fingerprint density at radius 3 is 2.38 bits per heavy atom. The predicted molar refractivity (Wildman–Crippen MR) is 54.9 cm³/mol. The van der Waals surface area contributed by atoms with Crippen LogP contribution in [0.15, 0.2) is 36.4 Å². The summed E-state index contributed by atoms with van der Waals surface area (Å²) in [7, 11) is 0. The zero-order valence-corrected chi connectivity index (χ0v) is 7.99. The van der Waals surface area contributed by atoms with Crippen LogP contribution in [0.3, 0.4) is 0 Å². The van der Waals surface area contributed by atoms with E-state index in [9.17, 15) is 0 Å². The monoisotopic (exact) mass is 171 g/mol. The molecule has 1 rings (SSSR count). The van der Waals surface area contributed by atoms with Crippen molar-refractivity contribution < 1.29 is 0 Å². The molecule has 0 amide bonds. The molecule has 1 heteroatoms. The first-order chi connectivity index (χ1) is 6.25. The Bertz CT molecular complexity index is 328. The molecule has 1 aromatic carbocycles.